The van der Waals surface area contributed by atoms with E-state index in [-0.39, 0.29) is 0 Å². The van der Waals surface area contributed by atoms with Crippen LogP contribution in [0.5, 0.6) is 0 Å². The van der Waals surface area contributed by atoms with Crippen molar-refractivity contribution in [1.29, 1.82) is 0 Å². The summed E-state index contributed by atoms with van der Waals surface area (Å²) in [4.78, 5) is 4.37. The molecule has 0 aliphatic heterocycles. The highest BCUT2D eigenvalue weighted by Crippen LogP contribution is 2.09. The predicted octanol–water partition coefficient (Wildman–Crippen LogP) is 2.98. The fourth-order valence-electron chi connectivity index (χ4n) is 1.12. The van der Waals surface area contributed by atoms with Gasteiger partial charge in [-0.05, 0) is 30.9 Å². The van der Waals surface area contributed by atoms with Crippen molar-refractivity contribution in [2.24, 2.45) is 5.92 Å². The largest absolute Gasteiger partial charge is 0.261 e. The lowest BCUT2D eigenvalue weighted by molar-refractivity contribution is 0.552. The van der Waals surface area contributed by atoms with Crippen LogP contribution in [-0.4, -0.2) is 4.98 Å². The zero-order valence-corrected chi connectivity index (χ0v) is 8.17. The van der Waals surface area contributed by atoms with Crippen molar-refractivity contribution in [3.05, 3.63) is 29.6 Å². The van der Waals surface area contributed by atoms with Gasteiger partial charge >= 0.3 is 0 Å². The van der Waals surface area contributed by atoms with E-state index in [9.17, 15) is 0 Å². The van der Waals surface area contributed by atoms with E-state index in [2.05, 4.69) is 37.9 Å². The first kappa shape index (κ1) is 9.24. The van der Waals surface area contributed by atoms with Crippen LogP contribution < -0.4 is 0 Å². The first-order chi connectivity index (χ1) is 5.72. The molecule has 0 fully saturated rings. The molecule has 0 aliphatic carbocycles. The zero-order valence-electron chi connectivity index (χ0n) is 8.17. The second kappa shape index (κ2) is 4.24. The van der Waals surface area contributed by atoms with Crippen molar-refractivity contribution < 1.29 is 0 Å². The van der Waals surface area contributed by atoms with E-state index < -0.39 is 0 Å². The molecule has 0 amide bonds. The molecular weight excluding hydrogens is 146 g/mol. The third-order valence-electron chi connectivity index (χ3n) is 2.23. The van der Waals surface area contributed by atoms with Crippen LogP contribution in [0.3, 0.4) is 0 Å². The van der Waals surface area contributed by atoms with Crippen molar-refractivity contribution >= 4 is 0 Å². The molecule has 0 aromatic carbocycles. The molecule has 1 heterocycles. The highest BCUT2D eigenvalue weighted by molar-refractivity contribution is 5.12. The summed E-state index contributed by atoms with van der Waals surface area (Å²) >= 11 is 0. The normalized spacial score (nSPS) is 12.9. The van der Waals surface area contributed by atoms with Crippen molar-refractivity contribution in [2.45, 2.75) is 33.6 Å². The Morgan fingerprint density at radius 1 is 1.42 bits per heavy atom. The molecule has 0 saturated carbocycles. The Morgan fingerprint density at radius 2 is 2.17 bits per heavy atom. The van der Waals surface area contributed by atoms with Gasteiger partial charge in [0.05, 0.1) is 0 Å². The summed E-state index contributed by atoms with van der Waals surface area (Å²) in [6.45, 7) is 6.56. The lowest BCUT2D eigenvalue weighted by atomic mass is 10.0. The molecule has 1 atom stereocenters. The minimum Gasteiger partial charge on any atom is -0.261 e. The van der Waals surface area contributed by atoms with E-state index >= 15 is 0 Å². The number of pyridine rings is 1. The Hall–Kier alpha value is -0.850. The maximum Gasteiger partial charge on any atom is 0.0406 e. The molecule has 0 radical (unpaired) electrons. The zero-order chi connectivity index (χ0) is 8.97. The van der Waals surface area contributed by atoms with Gasteiger partial charge in [0.25, 0.3) is 0 Å². The molecule has 1 rings (SSSR count). The van der Waals surface area contributed by atoms with Crippen LogP contribution in [0, 0.1) is 12.8 Å². The van der Waals surface area contributed by atoms with E-state index in [0.29, 0.717) is 0 Å². The van der Waals surface area contributed by atoms with Crippen molar-refractivity contribution in [2.75, 3.05) is 0 Å². The van der Waals surface area contributed by atoms with Crippen LogP contribution in [0.2, 0.25) is 0 Å². The number of hydrogen-bond donors (Lipinski definition) is 0. The summed E-state index contributed by atoms with van der Waals surface area (Å²) < 4.78 is 0. The summed E-state index contributed by atoms with van der Waals surface area (Å²) in [5.74, 6) is 0.750. The van der Waals surface area contributed by atoms with Crippen LogP contribution in [0.25, 0.3) is 0 Å². The molecular formula is C11H17N. The molecule has 1 heteroatoms. The third-order valence-corrected chi connectivity index (χ3v) is 2.23. The van der Waals surface area contributed by atoms with E-state index in [1.807, 2.05) is 6.20 Å². The average molecular weight is 163 g/mol. The van der Waals surface area contributed by atoms with Crippen LogP contribution in [0.15, 0.2) is 18.3 Å². The fourth-order valence-corrected chi connectivity index (χ4v) is 1.12. The maximum atomic E-state index is 4.37. The van der Waals surface area contributed by atoms with Crippen molar-refractivity contribution in [3.8, 4) is 0 Å². The second-order valence-corrected chi connectivity index (χ2v) is 3.54. The van der Waals surface area contributed by atoms with E-state index in [1.165, 1.54) is 17.7 Å². The Balaban J connectivity index is 2.58. The minimum absolute atomic E-state index is 0.750. The van der Waals surface area contributed by atoms with Crippen LogP contribution in [0.1, 0.15) is 31.5 Å². The van der Waals surface area contributed by atoms with E-state index in [1.54, 1.807) is 0 Å². The molecule has 1 aromatic heterocycles. The highest BCUT2D eigenvalue weighted by atomic mass is 14.7. The molecule has 1 aromatic rings. The molecule has 1 nitrogen and oxygen atoms in total. The van der Waals surface area contributed by atoms with Crippen LogP contribution >= 0.6 is 0 Å². The number of nitrogens with zero attached hydrogens (tertiary/aromatic N) is 1. The number of aromatic nitrogens is 1. The molecule has 0 unspecified atom stereocenters. The third kappa shape index (κ3) is 2.65. The Kier molecular flexibility index (Phi) is 3.27. The lowest BCUT2D eigenvalue weighted by Gasteiger charge is -2.06. The molecule has 0 aliphatic rings. The van der Waals surface area contributed by atoms with Gasteiger partial charge < -0.3 is 0 Å². The highest BCUT2D eigenvalue weighted by Gasteiger charge is 2.00. The SMILES string of the molecule is CC[C@H](C)Cc1ccc(C)cn1. The van der Waals surface area contributed by atoms with Gasteiger partial charge in [-0.2, -0.15) is 0 Å². The molecule has 0 spiro atoms. The molecule has 0 N–H and O–H groups in total. The van der Waals surface area contributed by atoms with Gasteiger partial charge in [-0.3, -0.25) is 4.98 Å². The Morgan fingerprint density at radius 3 is 2.67 bits per heavy atom. The van der Waals surface area contributed by atoms with Gasteiger partial charge in [0.15, 0.2) is 0 Å². The van der Waals surface area contributed by atoms with Crippen LogP contribution in [0.4, 0.5) is 0 Å². The number of aryl methyl sites for hydroxylation is 1. The Labute approximate surface area is 74.8 Å². The quantitative estimate of drug-likeness (QED) is 0.667. The van der Waals surface area contributed by atoms with Gasteiger partial charge in [-0.15, -0.1) is 0 Å². The summed E-state index contributed by atoms with van der Waals surface area (Å²) in [5, 5.41) is 0. The monoisotopic (exact) mass is 163 g/mol. The smallest absolute Gasteiger partial charge is 0.0406 e. The minimum atomic E-state index is 0.750. The molecule has 66 valence electrons. The van der Waals surface area contributed by atoms with E-state index in [0.717, 1.165) is 12.3 Å². The number of hydrogen-bond acceptors (Lipinski definition) is 1. The fraction of sp³-hybridized carbons (Fsp3) is 0.545. The van der Waals surface area contributed by atoms with Gasteiger partial charge in [-0.1, -0.05) is 26.3 Å². The summed E-state index contributed by atoms with van der Waals surface area (Å²) in [6, 6.07) is 4.26. The lowest BCUT2D eigenvalue weighted by Crippen LogP contribution is -1.99. The topological polar surface area (TPSA) is 12.9 Å². The van der Waals surface area contributed by atoms with Crippen molar-refractivity contribution in [3.63, 3.8) is 0 Å². The standard InChI is InChI=1S/C11H17N/c1-4-9(2)7-11-6-5-10(3)8-12-11/h5-6,8-9H,4,7H2,1-3H3/t9-/m0/s1. The Bertz CT molecular complexity index is 225. The molecule has 0 bridgehead atoms. The summed E-state index contributed by atoms with van der Waals surface area (Å²) in [6.07, 6.45) is 4.28. The average Bonchev–Trinajstić information content (AvgIpc) is 2.09. The van der Waals surface area contributed by atoms with Gasteiger partial charge in [0.2, 0.25) is 0 Å². The van der Waals surface area contributed by atoms with Crippen LogP contribution in [-0.2, 0) is 6.42 Å². The van der Waals surface area contributed by atoms with Gasteiger partial charge in [-0.25, -0.2) is 0 Å². The van der Waals surface area contributed by atoms with Gasteiger partial charge in [0, 0.05) is 11.9 Å². The van der Waals surface area contributed by atoms with Gasteiger partial charge in [0.1, 0.15) is 0 Å². The second-order valence-electron chi connectivity index (χ2n) is 3.54. The summed E-state index contributed by atoms with van der Waals surface area (Å²) in [5.41, 5.74) is 2.46. The first-order valence-electron chi connectivity index (χ1n) is 4.64. The number of rotatable bonds is 3. The van der Waals surface area contributed by atoms with E-state index in [4.69, 9.17) is 0 Å². The molecule has 12 heavy (non-hydrogen) atoms. The first-order valence-corrected chi connectivity index (χ1v) is 4.64. The maximum absolute atomic E-state index is 4.37. The summed E-state index contributed by atoms with van der Waals surface area (Å²) in [7, 11) is 0. The predicted molar refractivity (Wildman–Crippen MR) is 52.1 cm³/mol. The molecule has 0 saturated heterocycles. The van der Waals surface area contributed by atoms with Crippen molar-refractivity contribution in [1.82, 2.24) is 4.98 Å².